The summed E-state index contributed by atoms with van der Waals surface area (Å²) < 4.78 is 0. The quantitative estimate of drug-likeness (QED) is 0.221. The van der Waals surface area contributed by atoms with Crippen LogP contribution in [0, 0.1) is 11.8 Å². The summed E-state index contributed by atoms with van der Waals surface area (Å²) in [6.07, 6.45) is -0.0873. The number of carboxylic acids is 2. The van der Waals surface area contributed by atoms with Crippen molar-refractivity contribution < 1.29 is 34.2 Å². The molecule has 0 aromatic carbocycles. The first-order valence-corrected chi connectivity index (χ1v) is 9.41. The second-order valence-corrected chi connectivity index (χ2v) is 7.70. The van der Waals surface area contributed by atoms with Gasteiger partial charge in [-0.2, -0.15) is 0 Å². The molecule has 7 N–H and O–H groups in total. The Bertz CT molecular complexity index is 607. The number of amides is 3. The Morgan fingerprint density at radius 3 is 1.72 bits per heavy atom. The van der Waals surface area contributed by atoms with Crippen LogP contribution in [0.5, 0.6) is 0 Å². The first kappa shape index (κ1) is 26.3. The number of carboxylic acid groups (broad SMARTS) is 2. The van der Waals surface area contributed by atoms with Crippen molar-refractivity contribution in [2.24, 2.45) is 17.6 Å². The normalized spacial score (nSPS) is 14.0. The van der Waals surface area contributed by atoms with Gasteiger partial charge in [-0.25, -0.2) is 0 Å². The van der Waals surface area contributed by atoms with Crippen LogP contribution in [0.4, 0.5) is 0 Å². The maximum Gasteiger partial charge on any atom is 0.322 e. The molecule has 0 aliphatic carbocycles. The zero-order valence-electron chi connectivity index (χ0n) is 17.2. The molecule has 0 aliphatic rings. The zero-order chi connectivity index (χ0) is 22.7. The lowest BCUT2D eigenvalue weighted by Crippen LogP contribution is -2.56. The molecular formula is C18H32N4O7. The second kappa shape index (κ2) is 12.7. The molecule has 0 aliphatic heterocycles. The molecule has 0 spiro atoms. The number of carbonyl (C=O) groups is 5. The maximum atomic E-state index is 12.6. The summed E-state index contributed by atoms with van der Waals surface area (Å²) in [6.45, 7) is 6.74. The van der Waals surface area contributed by atoms with Crippen LogP contribution in [-0.2, 0) is 24.0 Å². The predicted octanol–water partition coefficient (Wildman–Crippen LogP) is -0.949. The Labute approximate surface area is 169 Å². The van der Waals surface area contributed by atoms with Crippen LogP contribution in [-0.4, -0.2) is 64.5 Å². The monoisotopic (exact) mass is 416 g/mol. The molecule has 0 radical (unpaired) electrons. The minimum Gasteiger partial charge on any atom is -0.481 e. The summed E-state index contributed by atoms with van der Waals surface area (Å²) in [5.74, 6) is -4.72. The molecule has 0 saturated carbocycles. The fraction of sp³-hybridized carbons (Fsp3) is 0.722. The molecule has 3 atom stereocenters. The van der Waals surface area contributed by atoms with E-state index in [0.717, 1.165) is 0 Å². The fourth-order valence-corrected chi connectivity index (χ4v) is 2.54. The highest BCUT2D eigenvalue weighted by Gasteiger charge is 2.30. The van der Waals surface area contributed by atoms with Crippen LogP contribution < -0.4 is 21.7 Å². The number of rotatable bonds is 13. The third kappa shape index (κ3) is 11.7. The fourth-order valence-electron chi connectivity index (χ4n) is 2.54. The van der Waals surface area contributed by atoms with Crippen LogP contribution in [0.1, 0.15) is 47.0 Å². The summed E-state index contributed by atoms with van der Waals surface area (Å²) in [4.78, 5) is 58.6. The molecule has 0 rings (SSSR count). The third-order valence-electron chi connectivity index (χ3n) is 3.83. The SMILES string of the molecule is CC(C)CC(N)C(=O)NC(CC(C)C)C(=O)NC(CC(=O)O)C(=O)NCC(=O)O. The lowest BCUT2D eigenvalue weighted by Gasteiger charge is -2.25. The molecule has 3 unspecified atom stereocenters. The van der Waals surface area contributed by atoms with Gasteiger partial charge in [0.1, 0.15) is 18.6 Å². The lowest BCUT2D eigenvalue weighted by molar-refractivity contribution is -0.141. The minimum absolute atomic E-state index is 0.00568. The largest absolute Gasteiger partial charge is 0.481 e. The minimum atomic E-state index is -1.49. The Hall–Kier alpha value is -2.69. The predicted molar refractivity (Wildman–Crippen MR) is 104 cm³/mol. The van der Waals surface area contributed by atoms with E-state index >= 15 is 0 Å². The van der Waals surface area contributed by atoms with Crippen molar-refractivity contribution in [1.82, 2.24) is 16.0 Å². The molecule has 0 bridgehead atoms. The van der Waals surface area contributed by atoms with E-state index in [9.17, 15) is 24.0 Å². The van der Waals surface area contributed by atoms with E-state index in [1.807, 2.05) is 33.0 Å². The number of nitrogens with two attached hydrogens (primary N) is 1. The smallest absolute Gasteiger partial charge is 0.322 e. The molecule has 11 heteroatoms. The van der Waals surface area contributed by atoms with Crippen molar-refractivity contribution in [3.05, 3.63) is 0 Å². The van der Waals surface area contributed by atoms with Crippen LogP contribution in [0.3, 0.4) is 0 Å². The number of carbonyl (C=O) groups excluding carboxylic acids is 3. The number of nitrogens with one attached hydrogen (secondary N) is 3. The van der Waals surface area contributed by atoms with Gasteiger partial charge >= 0.3 is 11.9 Å². The van der Waals surface area contributed by atoms with E-state index < -0.39 is 60.8 Å². The van der Waals surface area contributed by atoms with E-state index in [1.54, 1.807) is 0 Å². The van der Waals surface area contributed by atoms with Crippen molar-refractivity contribution in [1.29, 1.82) is 0 Å². The van der Waals surface area contributed by atoms with E-state index in [2.05, 4.69) is 10.6 Å². The van der Waals surface area contributed by atoms with Crippen molar-refractivity contribution in [3.8, 4) is 0 Å². The van der Waals surface area contributed by atoms with Gasteiger partial charge in [0.2, 0.25) is 17.7 Å². The second-order valence-electron chi connectivity index (χ2n) is 7.70. The molecule has 0 aromatic heterocycles. The molecule has 166 valence electrons. The highest BCUT2D eigenvalue weighted by molar-refractivity contribution is 5.95. The lowest BCUT2D eigenvalue weighted by atomic mass is 10.00. The highest BCUT2D eigenvalue weighted by Crippen LogP contribution is 2.08. The summed E-state index contributed by atoms with van der Waals surface area (Å²) in [5, 5.41) is 24.5. The van der Waals surface area contributed by atoms with Crippen LogP contribution >= 0.6 is 0 Å². The maximum absolute atomic E-state index is 12.6. The standard InChI is InChI=1S/C18H32N4O7/c1-9(2)5-11(19)16(27)21-12(6-10(3)4)18(29)22-13(7-14(23)24)17(28)20-8-15(25)26/h9-13H,5-8,19H2,1-4H3,(H,20,28)(H,21,27)(H,22,29)(H,23,24)(H,25,26). The van der Waals surface area contributed by atoms with Crippen molar-refractivity contribution in [3.63, 3.8) is 0 Å². The van der Waals surface area contributed by atoms with Crippen LogP contribution in [0.15, 0.2) is 0 Å². The molecule has 29 heavy (non-hydrogen) atoms. The van der Waals surface area contributed by atoms with E-state index in [0.29, 0.717) is 6.42 Å². The van der Waals surface area contributed by atoms with Gasteiger partial charge in [0.15, 0.2) is 0 Å². The molecule has 11 nitrogen and oxygen atoms in total. The average molecular weight is 416 g/mol. The Morgan fingerprint density at radius 2 is 1.28 bits per heavy atom. The molecule has 0 heterocycles. The van der Waals surface area contributed by atoms with Gasteiger partial charge in [0.25, 0.3) is 0 Å². The van der Waals surface area contributed by atoms with Crippen molar-refractivity contribution in [2.75, 3.05) is 6.54 Å². The van der Waals surface area contributed by atoms with Crippen LogP contribution in [0.25, 0.3) is 0 Å². The van der Waals surface area contributed by atoms with Gasteiger partial charge in [-0.15, -0.1) is 0 Å². The Balaban J connectivity index is 5.26. The topological polar surface area (TPSA) is 188 Å². The highest BCUT2D eigenvalue weighted by atomic mass is 16.4. The summed E-state index contributed by atoms with van der Waals surface area (Å²) in [5.41, 5.74) is 5.84. The zero-order valence-corrected chi connectivity index (χ0v) is 17.2. The molecule has 0 saturated heterocycles. The Morgan fingerprint density at radius 1 is 0.759 bits per heavy atom. The van der Waals surface area contributed by atoms with E-state index in [1.165, 1.54) is 0 Å². The molecule has 3 amide bonds. The van der Waals surface area contributed by atoms with Gasteiger partial charge in [0, 0.05) is 0 Å². The summed E-state index contributed by atoms with van der Waals surface area (Å²) >= 11 is 0. The van der Waals surface area contributed by atoms with Gasteiger partial charge in [0.05, 0.1) is 12.5 Å². The summed E-state index contributed by atoms with van der Waals surface area (Å²) in [6, 6.07) is -3.33. The van der Waals surface area contributed by atoms with Gasteiger partial charge in [-0.05, 0) is 24.7 Å². The molecule has 0 fully saturated rings. The summed E-state index contributed by atoms with van der Waals surface area (Å²) in [7, 11) is 0. The first-order chi connectivity index (χ1) is 13.3. The average Bonchev–Trinajstić information content (AvgIpc) is 2.56. The number of hydrogen-bond donors (Lipinski definition) is 6. The molecule has 0 aromatic rings. The van der Waals surface area contributed by atoms with E-state index in [-0.39, 0.29) is 18.3 Å². The van der Waals surface area contributed by atoms with Crippen LogP contribution in [0.2, 0.25) is 0 Å². The number of hydrogen-bond acceptors (Lipinski definition) is 6. The van der Waals surface area contributed by atoms with Gasteiger partial charge in [-0.1, -0.05) is 27.7 Å². The van der Waals surface area contributed by atoms with Crippen molar-refractivity contribution in [2.45, 2.75) is 65.1 Å². The first-order valence-electron chi connectivity index (χ1n) is 9.41. The number of aliphatic carboxylic acids is 2. The third-order valence-corrected chi connectivity index (χ3v) is 3.83. The van der Waals surface area contributed by atoms with E-state index in [4.69, 9.17) is 15.9 Å². The van der Waals surface area contributed by atoms with Gasteiger partial charge in [-0.3, -0.25) is 24.0 Å². The van der Waals surface area contributed by atoms with Gasteiger partial charge < -0.3 is 31.9 Å². The Kier molecular flexibility index (Phi) is 11.5. The van der Waals surface area contributed by atoms with Crippen molar-refractivity contribution >= 4 is 29.7 Å². The molecular weight excluding hydrogens is 384 g/mol.